The molecule has 1 aromatic carbocycles. The third kappa shape index (κ3) is 2.70. The highest BCUT2D eigenvalue weighted by atomic mass is 16.1. The minimum Gasteiger partial charge on any atom is -0.267 e. The van der Waals surface area contributed by atoms with E-state index in [1.165, 1.54) is 0 Å². The Hall–Kier alpha value is -2.49. The Labute approximate surface area is 123 Å². The quantitative estimate of drug-likeness (QED) is 0.734. The normalized spacial score (nSPS) is 10.9. The second-order valence-electron chi connectivity index (χ2n) is 5.01. The lowest BCUT2D eigenvalue weighted by molar-refractivity contribution is -0.390. The van der Waals surface area contributed by atoms with Crippen LogP contribution in [0.25, 0.3) is 10.8 Å². The summed E-state index contributed by atoms with van der Waals surface area (Å²) in [5.41, 5.74) is 2.05. The van der Waals surface area contributed by atoms with Gasteiger partial charge in [-0.15, -0.1) is 0 Å². The van der Waals surface area contributed by atoms with E-state index in [-0.39, 0.29) is 5.56 Å². The van der Waals surface area contributed by atoms with Crippen LogP contribution < -0.4 is 10.5 Å². The highest BCUT2D eigenvalue weighted by Crippen LogP contribution is 2.13. The molecule has 0 unspecified atom stereocenters. The van der Waals surface area contributed by atoms with E-state index in [1.54, 1.807) is 4.68 Å². The van der Waals surface area contributed by atoms with Gasteiger partial charge in [-0.25, -0.2) is 9.67 Å². The number of H-pyrrole nitrogens is 1. The number of aromatic nitrogens is 3. The van der Waals surface area contributed by atoms with E-state index in [0.717, 1.165) is 35.0 Å². The first kappa shape index (κ1) is 13.5. The number of benzene rings is 1. The standard InChI is InChI=1S/C17H17N3O/c1-2-16-14-8-3-4-9-15(14)17(21)20(19-16)12-10-13-7-5-6-11-18-13/h3-9,11H,2,10,12H2,1H3/p+1. The van der Waals surface area contributed by atoms with Gasteiger partial charge in [-0.1, -0.05) is 31.2 Å². The largest absolute Gasteiger partial charge is 0.274 e. The summed E-state index contributed by atoms with van der Waals surface area (Å²) >= 11 is 0. The van der Waals surface area contributed by atoms with Crippen molar-refractivity contribution in [1.82, 2.24) is 9.78 Å². The van der Waals surface area contributed by atoms with Crippen LogP contribution in [0.5, 0.6) is 0 Å². The Morgan fingerprint density at radius 3 is 2.57 bits per heavy atom. The van der Waals surface area contributed by atoms with Crippen LogP contribution in [-0.2, 0) is 19.4 Å². The average Bonchev–Trinajstić information content (AvgIpc) is 2.55. The van der Waals surface area contributed by atoms with Gasteiger partial charge in [-0.05, 0) is 12.5 Å². The second-order valence-corrected chi connectivity index (χ2v) is 5.01. The fourth-order valence-electron chi connectivity index (χ4n) is 2.53. The van der Waals surface area contributed by atoms with Gasteiger partial charge in [0, 0.05) is 17.5 Å². The molecule has 0 aliphatic heterocycles. The van der Waals surface area contributed by atoms with Gasteiger partial charge in [0.1, 0.15) is 0 Å². The SMILES string of the molecule is CCc1nn(CCc2cccc[nH+]2)c(=O)c2ccccc12. The van der Waals surface area contributed by atoms with Crippen molar-refractivity contribution in [3.63, 3.8) is 0 Å². The van der Waals surface area contributed by atoms with Crippen LogP contribution in [0.15, 0.2) is 53.5 Å². The molecule has 4 heteroatoms. The molecule has 0 saturated carbocycles. The van der Waals surface area contributed by atoms with E-state index in [9.17, 15) is 4.79 Å². The third-order valence-electron chi connectivity index (χ3n) is 3.65. The molecule has 0 atom stereocenters. The van der Waals surface area contributed by atoms with E-state index in [4.69, 9.17) is 0 Å². The highest BCUT2D eigenvalue weighted by Gasteiger charge is 2.10. The van der Waals surface area contributed by atoms with Crippen LogP contribution in [-0.4, -0.2) is 9.78 Å². The first-order valence-corrected chi connectivity index (χ1v) is 7.24. The maximum atomic E-state index is 12.5. The summed E-state index contributed by atoms with van der Waals surface area (Å²) in [7, 11) is 0. The number of rotatable bonds is 4. The summed E-state index contributed by atoms with van der Waals surface area (Å²) in [4.78, 5) is 15.7. The molecule has 0 aliphatic carbocycles. The molecule has 2 heterocycles. The zero-order valence-corrected chi connectivity index (χ0v) is 12.0. The number of nitrogens with one attached hydrogen (secondary N) is 1. The van der Waals surface area contributed by atoms with Gasteiger partial charge in [0.05, 0.1) is 24.0 Å². The zero-order chi connectivity index (χ0) is 14.7. The van der Waals surface area contributed by atoms with Crippen molar-refractivity contribution in [2.45, 2.75) is 26.3 Å². The van der Waals surface area contributed by atoms with Crippen molar-refractivity contribution in [2.24, 2.45) is 0 Å². The fourth-order valence-corrected chi connectivity index (χ4v) is 2.53. The number of aryl methyl sites for hydroxylation is 3. The van der Waals surface area contributed by atoms with Crippen molar-refractivity contribution in [3.8, 4) is 0 Å². The van der Waals surface area contributed by atoms with Gasteiger partial charge in [0.2, 0.25) is 0 Å². The first-order valence-electron chi connectivity index (χ1n) is 7.24. The molecule has 1 N–H and O–H groups in total. The molecule has 0 amide bonds. The number of hydrogen-bond acceptors (Lipinski definition) is 2. The number of fused-ring (bicyclic) bond motifs is 1. The molecule has 4 nitrogen and oxygen atoms in total. The molecule has 0 radical (unpaired) electrons. The topological polar surface area (TPSA) is 49.0 Å². The summed E-state index contributed by atoms with van der Waals surface area (Å²) < 4.78 is 1.59. The van der Waals surface area contributed by atoms with E-state index in [2.05, 4.69) is 17.0 Å². The smallest absolute Gasteiger partial charge is 0.267 e. The second kappa shape index (κ2) is 5.87. The van der Waals surface area contributed by atoms with Crippen molar-refractivity contribution in [2.75, 3.05) is 0 Å². The number of nitrogens with zero attached hydrogens (tertiary/aromatic N) is 2. The molecule has 21 heavy (non-hydrogen) atoms. The van der Waals surface area contributed by atoms with Crippen LogP contribution in [0.4, 0.5) is 0 Å². The predicted molar refractivity (Wildman–Crippen MR) is 82.1 cm³/mol. The Balaban J connectivity index is 1.99. The lowest BCUT2D eigenvalue weighted by atomic mass is 10.1. The van der Waals surface area contributed by atoms with Crippen LogP contribution in [0, 0.1) is 0 Å². The molecule has 0 fully saturated rings. The molecule has 0 bridgehead atoms. The van der Waals surface area contributed by atoms with Crippen LogP contribution in [0.3, 0.4) is 0 Å². The number of hydrogen-bond donors (Lipinski definition) is 0. The minimum atomic E-state index is -0.0151. The van der Waals surface area contributed by atoms with E-state index >= 15 is 0 Å². The fraction of sp³-hybridized carbons (Fsp3) is 0.235. The molecule has 0 spiro atoms. The molecule has 0 saturated heterocycles. The zero-order valence-electron chi connectivity index (χ0n) is 12.0. The van der Waals surface area contributed by atoms with Gasteiger partial charge >= 0.3 is 0 Å². The summed E-state index contributed by atoms with van der Waals surface area (Å²) in [5.74, 6) is 0. The van der Waals surface area contributed by atoms with Crippen molar-refractivity contribution < 1.29 is 4.98 Å². The molecule has 0 aliphatic rings. The number of aromatic amines is 1. The maximum Gasteiger partial charge on any atom is 0.274 e. The molecule has 3 aromatic rings. The summed E-state index contributed by atoms with van der Waals surface area (Å²) in [5, 5.41) is 6.24. The molecular weight excluding hydrogens is 262 g/mol. The van der Waals surface area contributed by atoms with Gasteiger partial charge in [0.25, 0.3) is 5.56 Å². The Morgan fingerprint density at radius 1 is 1.10 bits per heavy atom. The van der Waals surface area contributed by atoms with Gasteiger partial charge < -0.3 is 0 Å². The lowest BCUT2D eigenvalue weighted by Gasteiger charge is -2.09. The van der Waals surface area contributed by atoms with Crippen molar-refractivity contribution >= 4 is 10.8 Å². The van der Waals surface area contributed by atoms with Crippen molar-refractivity contribution in [3.05, 3.63) is 70.4 Å². The van der Waals surface area contributed by atoms with Crippen LogP contribution in [0.1, 0.15) is 18.3 Å². The summed E-state index contributed by atoms with van der Waals surface area (Å²) in [6.07, 6.45) is 3.47. The van der Waals surface area contributed by atoms with Gasteiger partial charge in [-0.3, -0.25) is 4.79 Å². The van der Waals surface area contributed by atoms with Gasteiger partial charge in [-0.2, -0.15) is 5.10 Å². The highest BCUT2D eigenvalue weighted by molar-refractivity contribution is 5.83. The van der Waals surface area contributed by atoms with Crippen molar-refractivity contribution in [1.29, 1.82) is 0 Å². The minimum absolute atomic E-state index is 0.0151. The first-order chi connectivity index (χ1) is 10.3. The van der Waals surface area contributed by atoms with Gasteiger partial charge in [0.15, 0.2) is 11.9 Å². The van der Waals surface area contributed by atoms with E-state index in [0.29, 0.717) is 6.54 Å². The summed E-state index contributed by atoms with van der Waals surface area (Å²) in [6.45, 7) is 2.64. The monoisotopic (exact) mass is 280 g/mol. The Bertz CT molecular complexity index is 809. The molecular formula is C17H18N3O+. The maximum absolute atomic E-state index is 12.5. The third-order valence-corrected chi connectivity index (χ3v) is 3.65. The summed E-state index contributed by atoms with van der Waals surface area (Å²) in [6, 6.07) is 13.7. The lowest BCUT2D eigenvalue weighted by Crippen LogP contribution is -2.26. The average molecular weight is 280 g/mol. The van der Waals surface area contributed by atoms with E-state index in [1.807, 2.05) is 48.7 Å². The Morgan fingerprint density at radius 2 is 1.86 bits per heavy atom. The Kier molecular flexibility index (Phi) is 3.77. The molecule has 3 rings (SSSR count). The predicted octanol–water partition coefficient (Wildman–Crippen LogP) is 2.02. The van der Waals surface area contributed by atoms with Crippen LogP contribution in [0.2, 0.25) is 0 Å². The molecule has 106 valence electrons. The van der Waals surface area contributed by atoms with Crippen LogP contribution >= 0.6 is 0 Å². The molecule has 2 aromatic heterocycles. The number of pyridine rings is 1. The van der Waals surface area contributed by atoms with E-state index < -0.39 is 0 Å².